The Bertz CT molecular complexity index is 1010. The molecule has 1 heterocycles. The summed E-state index contributed by atoms with van der Waals surface area (Å²) in [6, 6.07) is 19.7. The van der Waals surface area contributed by atoms with Crippen molar-refractivity contribution in [3.05, 3.63) is 84.4 Å². The molecule has 0 saturated heterocycles. The van der Waals surface area contributed by atoms with Crippen LogP contribution in [-0.2, 0) is 10.0 Å². The summed E-state index contributed by atoms with van der Waals surface area (Å²) in [6.45, 7) is 1.90. The molecular formula is C19H15N3O2S. The van der Waals surface area contributed by atoms with E-state index in [9.17, 15) is 8.42 Å². The van der Waals surface area contributed by atoms with E-state index in [-0.39, 0.29) is 10.7 Å². The maximum atomic E-state index is 13.0. The summed E-state index contributed by atoms with van der Waals surface area (Å²) in [6.07, 6.45) is 3.11. The van der Waals surface area contributed by atoms with Crippen LogP contribution in [0.25, 0.3) is 0 Å². The molecule has 0 fully saturated rings. The van der Waals surface area contributed by atoms with Gasteiger partial charge in [-0.3, -0.25) is 0 Å². The molecule has 6 heteroatoms. The molecule has 0 amide bonds. The van der Waals surface area contributed by atoms with Crippen LogP contribution in [-0.4, -0.2) is 18.4 Å². The quantitative estimate of drug-likeness (QED) is 0.539. The molecule has 3 aromatic rings. The van der Waals surface area contributed by atoms with Gasteiger partial charge in [0.15, 0.2) is 0 Å². The second-order valence-corrected chi connectivity index (χ2v) is 7.01. The van der Waals surface area contributed by atoms with Gasteiger partial charge < -0.3 is 0 Å². The number of aromatic nitrogens is 2. The highest BCUT2D eigenvalue weighted by atomic mass is 32.2. The molecule has 25 heavy (non-hydrogen) atoms. The lowest BCUT2D eigenvalue weighted by Gasteiger charge is -2.18. The Kier molecular flexibility index (Phi) is 4.78. The van der Waals surface area contributed by atoms with Gasteiger partial charge in [-0.25, -0.2) is 18.4 Å². The van der Waals surface area contributed by atoms with Crippen LogP contribution in [0.3, 0.4) is 0 Å². The minimum atomic E-state index is -3.84. The van der Waals surface area contributed by atoms with Crippen molar-refractivity contribution in [2.24, 2.45) is 0 Å². The van der Waals surface area contributed by atoms with Crippen molar-refractivity contribution in [1.29, 1.82) is 0 Å². The van der Waals surface area contributed by atoms with Gasteiger partial charge >= 0.3 is 0 Å². The summed E-state index contributed by atoms with van der Waals surface area (Å²) in [5.41, 5.74) is 1.43. The molecule has 0 spiro atoms. The Labute approximate surface area is 147 Å². The molecule has 0 atom stereocenters. The summed E-state index contributed by atoms with van der Waals surface area (Å²) in [7, 11) is -3.84. The summed E-state index contributed by atoms with van der Waals surface area (Å²) in [5, 5.41) is 0. The fourth-order valence-electron chi connectivity index (χ4n) is 2.11. The molecule has 2 aromatic carbocycles. The fourth-order valence-corrected chi connectivity index (χ4v) is 3.36. The van der Waals surface area contributed by atoms with Gasteiger partial charge in [-0.1, -0.05) is 35.9 Å². The summed E-state index contributed by atoms with van der Waals surface area (Å²) >= 11 is 0. The summed E-state index contributed by atoms with van der Waals surface area (Å²) < 4.78 is 27.1. The molecular weight excluding hydrogens is 334 g/mol. The van der Waals surface area contributed by atoms with E-state index < -0.39 is 10.0 Å². The SMILES string of the molecule is Cc1ccc(S(=O)(=O)N(C#Cc2ncccn2)c2ccccc2)cc1. The third-order valence-electron chi connectivity index (χ3n) is 3.38. The number of anilines is 1. The van der Waals surface area contributed by atoms with E-state index in [0.717, 1.165) is 9.87 Å². The average Bonchev–Trinajstić information content (AvgIpc) is 2.64. The normalized spacial score (nSPS) is 10.6. The maximum absolute atomic E-state index is 13.0. The highest BCUT2D eigenvalue weighted by molar-refractivity contribution is 7.93. The van der Waals surface area contributed by atoms with Gasteiger partial charge in [0.25, 0.3) is 10.0 Å². The van der Waals surface area contributed by atoms with Crippen molar-refractivity contribution in [3.63, 3.8) is 0 Å². The second kappa shape index (κ2) is 7.16. The van der Waals surface area contributed by atoms with Crippen molar-refractivity contribution < 1.29 is 8.42 Å². The van der Waals surface area contributed by atoms with E-state index in [0.29, 0.717) is 5.69 Å². The molecule has 5 nitrogen and oxygen atoms in total. The van der Waals surface area contributed by atoms with Crippen molar-refractivity contribution in [2.45, 2.75) is 11.8 Å². The minimum Gasteiger partial charge on any atom is -0.229 e. The van der Waals surface area contributed by atoms with E-state index in [1.165, 1.54) is 0 Å². The molecule has 0 aliphatic rings. The first-order chi connectivity index (χ1) is 12.1. The van der Waals surface area contributed by atoms with E-state index >= 15 is 0 Å². The summed E-state index contributed by atoms with van der Waals surface area (Å²) in [4.78, 5) is 8.18. The molecule has 0 unspecified atom stereocenters. The van der Waals surface area contributed by atoms with Crippen LogP contribution in [0.15, 0.2) is 78.0 Å². The maximum Gasteiger partial charge on any atom is 0.275 e. The Balaban J connectivity index is 2.08. The van der Waals surface area contributed by atoms with Crippen molar-refractivity contribution in [1.82, 2.24) is 9.97 Å². The van der Waals surface area contributed by atoms with Crippen molar-refractivity contribution in [3.8, 4) is 12.0 Å². The molecule has 0 N–H and O–H groups in total. The zero-order valence-electron chi connectivity index (χ0n) is 13.5. The number of hydrogen-bond acceptors (Lipinski definition) is 4. The number of para-hydroxylation sites is 1. The predicted octanol–water partition coefficient (Wildman–Crippen LogP) is 2.99. The van der Waals surface area contributed by atoms with Gasteiger partial charge in [-0.05, 0) is 43.2 Å². The Hall–Kier alpha value is -3.17. The van der Waals surface area contributed by atoms with Gasteiger partial charge in [0, 0.05) is 18.4 Å². The minimum absolute atomic E-state index is 0.172. The molecule has 3 rings (SSSR count). The molecule has 124 valence electrons. The topological polar surface area (TPSA) is 63.2 Å². The Morgan fingerprint density at radius 3 is 2.16 bits per heavy atom. The van der Waals surface area contributed by atoms with Crippen LogP contribution in [0, 0.1) is 18.9 Å². The van der Waals surface area contributed by atoms with Gasteiger partial charge in [0.2, 0.25) is 5.82 Å². The van der Waals surface area contributed by atoms with Crippen molar-refractivity contribution in [2.75, 3.05) is 4.31 Å². The van der Waals surface area contributed by atoms with Crippen LogP contribution in [0.1, 0.15) is 11.4 Å². The second-order valence-electron chi connectivity index (χ2n) is 5.23. The zero-order valence-corrected chi connectivity index (χ0v) is 14.3. The lowest BCUT2D eigenvalue weighted by atomic mass is 10.2. The zero-order chi connectivity index (χ0) is 17.7. The smallest absolute Gasteiger partial charge is 0.229 e. The van der Waals surface area contributed by atoms with E-state index in [4.69, 9.17) is 0 Å². The predicted molar refractivity (Wildman–Crippen MR) is 96.2 cm³/mol. The third-order valence-corrected chi connectivity index (χ3v) is 5.04. The number of aryl methyl sites for hydroxylation is 1. The number of rotatable bonds is 3. The van der Waals surface area contributed by atoms with Gasteiger partial charge in [0.1, 0.15) is 0 Å². The van der Waals surface area contributed by atoms with Crippen LogP contribution < -0.4 is 4.31 Å². The van der Waals surface area contributed by atoms with Crippen LogP contribution >= 0.6 is 0 Å². The van der Waals surface area contributed by atoms with E-state index in [2.05, 4.69) is 21.9 Å². The number of hydrogen-bond donors (Lipinski definition) is 0. The first kappa shape index (κ1) is 16.7. The average molecular weight is 349 g/mol. The monoisotopic (exact) mass is 349 g/mol. The van der Waals surface area contributed by atoms with Crippen LogP contribution in [0.4, 0.5) is 5.69 Å². The highest BCUT2D eigenvalue weighted by Crippen LogP contribution is 2.23. The molecule has 0 aliphatic carbocycles. The number of benzene rings is 2. The molecule has 0 aliphatic heterocycles. The molecule has 1 aromatic heterocycles. The molecule has 0 bridgehead atoms. The third kappa shape index (κ3) is 3.84. The number of nitrogens with zero attached hydrogens (tertiary/aromatic N) is 3. The van der Waals surface area contributed by atoms with Gasteiger partial charge in [-0.2, -0.15) is 4.31 Å². The van der Waals surface area contributed by atoms with E-state index in [1.807, 2.05) is 13.0 Å². The molecule has 0 saturated carbocycles. The van der Waals surface area contributed by atoms with Crippen molar-refractivity contribution >= 4 is 15.7 Å². The number of sulfonamides is 1. The Morgan fingerprint density at radius 2 is 1.52 bits per heavy atom. The first-order valence-corrected chi connectivity index (χ1v) is 8.97. The van der Waals surface area contributed by atoms with Crippen LogP contribution in [0.5, 0.6) is 0 Å². The first-order valence-electron chi connectivity index (χ1n) is 7.53. The largest absolute Gasteiger partial charge is 0.275 e. The van der Waals surface area contributed by atoms with Gasteiger partial charge in [0.05, 0.1) is 10.6 Å². The molecule has 0 radical (unpaired) electrons. The fraction of sp³-hybridized carbons (Fsp3) is 0.0526. The standard InChI is InChI=1S/C19H15N3O2S/c1-16-8-10-18(11-9-16)25(23,24)22(17-6-3-2-4-7-17)15-12-19-20-13-5-14-21-19/h2-11,13-14H,1H3. The van der Waals surface area contributed by atoms with Gasteiger partial charge in [-0.15, -0.1) is 0 Å². The highest BCUT2D eigenvalue weighted by Gasteiger charge is 2.23. The van der Waals surface area contributed by atoms with E-state index in [1.54, 1.807) is 67.0 Å². The van der Waals surface area contributed by atoms with Crippen LogP contribution in [0.2, 0.25) is 0 Å². The lowest BCUT2D eigenvalue weighted by Crippen LogP contribution is -2.26. The lowest BCUT2D eigenvalue weighted by molar-refractivity contribution is 0.596. The summed E-state index contributed by atoms with van der Waals surface area (Å²) in [5.74, 6) is 2.96. The Morgan fingerprint density at radius 1 is 0.880 bits per heavy atom.